The Morgan fingerprint density at radius 1 is 1.40 bits per heavy atom. The first-order valence-corrected chi connectivity index (χ1v) is 6.50. The molecule has 1 aliphatic rings. The number of nitrogens with zero attached hydrogens (tertiary/aromatic N) is 1. The third kappa shape index (κ3) is 2.25. The van der Waals surface area contributed by atoms with Gasteiger partial charge in [0.25, 0.3) is 0 Å². The summed E-state index contributed by atoms with van der Waals surface area (Å²) in [6.45, 7) is 6.45. The van der Waals surface area contributed by atoms with Crippen molar-refractivity contribution in [1.29, 1.82) is 0 Å². The van der Waals surface area contributed by atoms with Gasteiger partial charge in [-0.25, -0.2) is 0 Å². The molecule has 0 aromatic carbocycles. The summed E-state index contributed by atoms with van der Waals surface area (Å²) in [5, 5.41) is 12.6. The van der Waals surface area contributed by atoms with E-state index < -0.39 is 5.60 Å². The minimum atomic E-state index is -0.556. The average molecular weight is 225 g/mol. The number of hydrogen-bond donors (Lipinski definition) is 1. The zero-order valence-electron chi connectivity index (χ0n) is 9.44. The number of piperidine rings is 1. The Morgan fingerprint density at radius 2 is 2.07 bits per heavy atom. The van der Waals surface area contributed by atoms with Gasteiger partial charge in [0.1, 0.15) is 5.60 Å². The van der Waals surface area contributed by atoms with Gasteiger partial charge in [-0.1, -0.05) is 6.07 Å². The predicted octanol–water partition coefficient (Wildman–Crippen LogP) is 2.44. The highest BCUT2D eigenvalue weighted by molar-refractivity contribution is 7.10. The fraction of sp³-hybridized carbons (Fsp3) is 0.667. The molecule has 2 rings (SSSR count). The SMILES string of the molecule is CC(C)N1CCC(O)(c2cccs2)CC1. The van der Waals surface area contributed by atoms with Crippen molar-refractivity contribution in [1.82, 2.24) is 4.90 Å². The lowest BCUT2D eigenvalue weighted by molar-refractivity contribution is -0.0295. The minimum absolute atomic E-state index is 0.556. The highest BCUT2D eigenvalue weighted by Gasteiger charge is 2.35. The molecule has 1 aromatic heterocycles. The van der Waals surface area contributed by atoms with E-state index in [1.54, 1.807) is 11.3 Å². The Kier molecular flexibility index (Phi) is 3.14. The van der Waals surface area contributed by atoms with Crippen LogP contribution in [0.3, 0.4) is 0 Å². The van der Waals surface area contributed by atoms with Crippen LogP contribution in [0.1, 0.15) is 31.6 Å². The van der Waals surface area contributed by atoms with E-state index in [2.05, 4.69) is 24.8 Å². The quantitative estimate of drug-likeness (QED) is 0.835. The molecule has 3 heteroatoms. The molecule has 0 unspecified atom stereocenters. The summed E-state index contributed by atoms with van der Waals surface area (Å²) in [6.07, 6.45) is 1.73. The highest BCUT2D eigenvalue weighted by atomic mass is 32.1. The van der Waals surface area contributed by atoms with E-state index in [9.17, 15) is 5.11 Å². The Labute approximate surface area is 95.5 Å². The van der Waals surface area contributed by atoms with Gasteiger partial charge in [0, 0.05) is 24.0 Å². The van der Waals surface area contributed by atoms with Crippen LogP contribution in [0.2, 0.25) is 0 Å². The van der Waals surface area contributed by atoms with Gasteiger partial charge in [-0.2, -0.15) is 0 Å². The fourth-order valence-corrected chi connectivity index (χ4v) is 3.08. The second kappa shape index (κ2) is 4.24. The monoisotopic (exact) mass is 225 g/mol. The zero-order valence-corrected chi connectivity index (χ0v) is 10.3. The second-order valence-electron chi connectivity index (χ2n) is 4.64. The van der Waals surface area contributed by atoms with Crippen molar-refractivity contribution in [2.45, 2.75) is 38.3 Å². The van der Waals surface area contributed by atoms with Crippen LogP contribution in [0, 0.1) is 0 Å². The summed E-state index contributed by atoms with van der Waals surface area (Å²) in [4.78, 5) is 3.56. The van der Waals surface area contributed by atoms with Gasteiger partial charge in [0.2, 0.25) is 0 Å². The second-order valence-corrected chi connectivity index (χ2v) is 5.59. The predicted molar refractivity (Wildman–Crippen MR) is 64.2 cm³/mol. The molecular weight excluding hydrogens is 206 g/mol. The first-order valence-electron chi connectivity index (χ1n) is 5.62. The summed E-state index contributed by atoms with van der Waals surface area (Å²) in [6, 6.07) is 4.67. The number of likely N-dealkylation sites (tertiary alicyclic amines) is 1. The topological polar surface area (TPSA) is 23.5 Å². The highest BCUT2D eigenvalue weighted by Crippen LogP contribution is 2.35. The van der Waals surface area contributed by atoms with Gasteiger partial charge in [0.05, 0.1) is 0 Å². The molecule has 1 fully saturated rings. The third-order valence-electron chi connectivity index (χ3n) is 3.34. The molecule has 1 aliphatic heterocycles. The van der Waals surface area contributed by atoms with E-state index >= 15 is 0 Å². The van der Waals surface area contributed by atoms with E-state index in [0.29, 0.717) is 6.04 Å². The summed E-state index contributed by atoms with van der Waals surface area (Å²) < 4.78 is 0. The maximum Gasteiger partial charge on any atom is 0.101 e. The summed E-state index contributed by atoms with van der Waals surface area (Å²) in [5.41, 5.74) is -0.556. The molecule has 0 saturated carbocycles. The molecule has 0 aliphatic carbocycles. The average Bonchev–Trinajstić information content (AvgIpc) is 2.71. The van der Waals surface area contributed by atoms with Crippen molar-refractivity contribution in [3.05, 3.63) is 22.4 Å². The Bertz CT molecular complexity index is 299. The first kappa shape index (κ1) is 11.1. The molecule has 1 aromatic rings. The number of aliphatic hydroxyl groups is 1. The van der Waals surface area contributed by atoms with Crippen LogP contribution < -0.4 is 0 Å². The van der Waals surface area contributed by atoms with E-state index in [4.69, 9.17) is 0 Å². The van der Waals surface area contributed by atoms with Gasteiger partial charge >= 0.3 is 0 Å². The van der Waals surface area contributed by atoms with Crippen molar-refractivity contribution in [2.75, 3.05) is 13.1 Å². The lowest BCUT2D eigenvalue weighted by Gasteiger charge is -2.39. The van der Waals surface area contributed by atoms with Crippen LogP contribution in [0.4, 0.5) is 0 Å². The summed E-state index contributed by atoms with van der Waals surface area (Å²) >= 11 is 1.67. The Morgan fingerprint density at radius 3 is 2.53 bits per heavy atom. The molecule has 2 nitrogen and oxygen atoms in total. The molecule has 0 amide bonds. The van der Waals surface area contributed by atoms with Crippen molar-refractivity contribution in [2.24, 2.45) is 0 Å². The molecule has 1 saturated heterocycles. The third-order valence-corrected chi connectivity index (χ3v) is 4.40. The molecule has 0 bridgehead atoms. The van der Waals surface area contributed by atoms with Crippen LogP contribution in [0.5, 0.6) is 0 Å². The molecule has 2 heterocycles. The summed E-state index contributed by atoms with van der Waals surface area (Å²) in [5.74, 6) is 0. The lowest BCUT2D eigenvalue weighted by Crippen LogP contribution is -2.44. The Hall–Kier alpha value is -0.380. The number of hydrogen-bond acceptors (Lipinski definition) is 3. The van der Waals surface area contributed by atoms with Crippen LogP contribution in [0.25, 0.3) is 0 Å². The van der Waals surface area contributed by atoms with E-state index in [0.717, 1.165) is 30.8 Å². The number of rotatable bonds is 2. The first-order chi connectivity index (χ1) is 7.12. The van der Waals surface area contributed by atoms with E-state index in [1.165, 1.54) is 0 Å². The smallest absolute Gasteiger partial charge is 0.101 e. The lowest BCUT2D eigenvalue weighted by atomic mass is 9.89. The van der Waals surface area contributed by atoms with Crippen molar-refractivity contribution < 1.29 is 5.11 Å². The Balaban J connectivity index is 2.03. The maximum absolute atomic E-state index is 10.5. The molecule has 0 radical (unpaired) electrons. The van der Waals surface area contributed by atoms with Crippen LogP contribution in [-0.4, -0.2) is 29.1 Å². The molecule has 0 atom stereocenters. The normalized spacial score (nSPS) is 22.1. The minimum Gasteiger partial charge on any atom is -0.384 e. The molecule has 0 spiro atoms. The van der Waals surface area contributed by atoms with Gasteiger partial charge in [-0.05, 0) is 38.1 Å². The standard InChI is InChI=1S/C12H19NOS/c1-10(2)13-7-5-12(14,6-8-13)11-4-3-9-15-11/h3-4,9-10,14H,5-8H2,1-2H3. The van der Waals surface area contributed by atoms with Crippen LogP contribution >= 0.6 is 11.3 Å². The van der Waals surface area contributed by atoms with Crippen molar-refractivity contribution >= 4 is 11.3 Å². The van der Waals surface area contributed by atoms with Gasteiger partial charge < -0.3 is 10.0 Å². The van der Waals surface area contributed by atoms with Crippen molar-refractivity contribution in [3.8, 4) is 0 Å². The molecule has 1 N–H and O–H groups in total. The van der Waals surface area contributed by atoms with Crippen LogP contribution in [-0.2, 0) is 5.60 Å². The van der Waals surface area contributed by atoms with Gasteiger partial charge in [-0.15, -0.1) is 11.3 Å². The van der Waals surface area contributed by atoms with Crippen LogP contribution in [0.15, 0.2) is 17.5 Å². The zero-order chi connectivity index (χ0) is 10.9. The largest absolute Gasteiger partial charge is 0.384 e. The van der Waals surface area contributed by atoms with Gasteiger partial charge in [0.15, 0.2) is 0 Å². The maximum atomic E-state index is 10.5. The fourth-order valence-electron chi connectivity index (χ4n) is 2.20. The molecular formula is C12H19NOS. The van der Waals surface area contributed by atoms with Crippen molar-refractivity contribution in [3.63, 3.8) is 0 Å². The number of thiophene rings is 1. The van der Waals surface area contributed by atoms with E-state index in [1.807, 2.05) is 11.4 Å². The molecule has 15 heavy (non-hydrogen) atoms. The summed E-state index contributed by atoms with van der Waals surface area (Å²) in [7, 11) is 0. The molecule has 84 valence electrons. The van der Waals surface area contributed by atoms with Gasteiger partial charge in [-0.3, -0.25) is 0 Å². The van der Waals surface area contributed by atoms with E-state index in [-0.39, 0.29) is 0 Å².